The van der Waals surface area contributed by atoms with E-state index in [-0.39, 0.29) is 17.3 Å². The van der Waals surface area contributed by atoms with Crippen molar-refractivity contribution in [2.45, 2.75) is 13.0 Å². The summed E-state index contributed by atoms with van der Waals surface area (Å²) in [4.78, 5) is 35.8. The molecule has 0 aliphatic heterocycles. The quantitative estimate of drug-likeness (QED) is 0.361. The molecule has 2 aromatic heterocycles. The number of aryl methyl sites for hydroxylation is 2. The van der Waals surface area contributed by atoms with Gasteiger partial charge >= 0.3 is 13.2 Å². The molecule has 0 amide bonds. The van der Waals surface area contributed by atoms with E-state index in [2.05, 4.69) is 9.97 Å². The van der Waals surface area contributed by atoms with Crippen molar-refractivity contribution in [3.63, 3.8) is 0 Å². The van der Waals surface area contributed by atoms with Crippen LogP contribution in [0.5, 0.6) is 0 Å². The number of hydrogen-bond acceptors (Lipinski definition) is 5. The third kappa shape index (κ3) is 4.01. The lowest BCUT2D eigenvalue weighted by atomic mass is 10.4. The first-order chi connectivity index (χ1) is 10.2. The summed E-state index contributed by atoms with van der Waals surface area (Å²) in [5.74, 6) is 0.148. The molecular weight excluding hydrogens is 333 g/mol. The van der Waals surface area contributed by atoms with Gasteiger partial charge in [-0.3, -0.25) is 23.1 Å². The summed E-state index contributed by atoms with van der Waals surface area (Å²) in [5, 5.41) is 0. The van der Waals surface area contributed by atoms with Gasteiger partial charge in [0, 0.05) is 16.6 Å². The first kappa shape index (κ1) is 16.8. The number of anilines is 1. The summed E-state index contributed by atoms with van der Waals surface area (Å²) in [6, 6.07) is 0. The minimum absolute atomic E-state index is 0.00234. The standard InChI is InChI=1S/C10H16N5O5PS/c1-14-5-15(3-2-4-22(20)6-21(17,18)19)8-7(14)9(16)13-10(11)12-8/h5H,2-4,6H2,1H3,(H4-,11,12,13,16,17,18,19)/p+1. The number of aromatic amines is 1. The third-order valence-electron chi connectivity index (χ3n) is 2.92. The Morgan fingerprint density at radius 2 is 2.23 bits per heavy atom. The topological polar surface area (TPSA) is 155 Å². The Labute approximate surface area is 127 Å². The highest BCUT2D eigenvalue weighted by Gasteiger charge is 2.20. The molecule has 10 nitrogen and oxygen atoms in total. The second-order valence-corrected chi connectivity index (χ2v) is 8.48. The Hall–Kier alpha value is -1.55. The number of rotatable bonds is 6. The maximum Gasteiger partial charge on any atom is 0.337 e. The van der Waals surface area contributed by atoms with Crippen molar-refractivity contribution in [1.82, 2.24) is 14.5 Å². The zero-order valence-corrected chi connectivity index (χ0v) is 13.5. The minimum Gasteiger partial charge on any atom is -0.355 e. The van der Waals surface area contributed by atoms with E-state index in [0.29, 0.717) is 24.1 Å². The van der Waals surface area contributed by atoms with Crippen molar-refractivity contribution in [3.05, 3.63) is 16.7 Å². The second-order valence-electron chi connectivity index (χ2n) is 4.83. The SMILES string of the molecule is Cn1c[n+](CCCS(=O)CP(=O)(O)O)c2nc(N)[nH]c(=O)c21. The molecule has 22 heavy (non-hydrogen) atoms. The van der Waals surface area contributed by atoms with Gasteiger partial charge in [0.05, 0.1) is 13.6 Å². The molecule has 0 bridgehead atoms. The molecule has 0 aliphatic carbocycles. The van der Waals surface area contributed by atoms with Crippen LogP contribution in [0.2, 0.25) is 0 Å². The lowest BCUT2D eigenvalue weighted by Crippen LogP contribution is -2.34. The van der Waals surface area contributed by atoms with Crippen molar-refractivity contribution in [2.24, 2.45) is 7.05 Å². The average molecular weight is 350 g/mol. The molecule has 0 aromatic carbocycles. The zero-order valence-electron chi connectivity index (χ0n) is 11.8. The van der Waals surface area contributed by atoms with Gasteiger partial charge in [0.2, 0.25) is 5.52 Å². The molecule has 122 valence electrons. The summed E-state index contributed by atoms with van der Waals surface area (Å²) < 4.78 is 25.6. The number of nitrogens with one attached hydrogen (secondary N) is 1. The first-order valence-electron chi connectivity index (χ1n) is 6.31. The van der Waals surface area contributed by atoms with Crippen molar-refractivity contribution >= 4 is 35.5 Å². The smallest absolute Gasteiger partial charge is 0.337 e. The van der Waals surface area contributed by atoms with E-state index >= 15 is 0 Å². The van der Waals surface area contributed by atoms with E-state index < -0.39 is 23.9 Å². The predicted molar refractivity (Wildman–Crippen MR) is 80.5 cm³/mol. The van der Waals surface area contributed by atoms with Crippen LogP contribution in [0.1, 0.15) is 6.42 Å². The highest BCUT2D eigenvalue weighted by atomic mass is 32.2. The van der Waals surface area contributed by atoms with E-state index in [4.69, 9.17) is 15.5 Å². The first-order valence-corrected chi connectivity index (χ1v) is 9.60. The summed E-state index contributed by atoms with van der Waals surface area (Å²) in [6.45, 7) is 0.403. The number of aromatic nitrogens is 4. The van der Waals surface area contributed by atoms with Crippen LogP contribution in [0.3, 0.4) is 0 Å². The molecule has 2 rings (SSSR count). The van der Waals surface area contributed by atoms with E-state index in [1.54, 1.807) is 22.5 Å². The second kappa shape index (κ2) is 6.29. The van der Waals surface area contributed by atoms with Crippen LogP contribution >= 0.6 is 7.60 Å². The zero-order chi connectivity index (χ0) is 16.5. The minimum atomic E-state index is -4.27. The maximum atomic E-state index is 11.8. The van der Waals surface area contributed by atoms with Gasteiger partial charge in [-0.05, 0) is 6.42 Å². The summed E-state index contributed by atoms with van der Waals surface area (Å²) >= 11 is 0. The molecule has 5 N–H and O–H groups in total. The van der Waals surface area contributed by atoms with E-state index in [9.17, 15) is 13.6 Å². The van der Waals surface area contributed by atoms with Gasteiger partial charge in [-0.15, -0.1) is 0 Å². The fraction of sp³-hybridized carbons (Fsp3) is 0.500. The van der Waals surface area contributed by atoms with Gasteiger partial charge in [0.1, 0.15) is 5.49 Å². The fourth-order valence-electron chi connectivity index (χ4n) is 2.12. The average Bonchev–Trinajstić information content (AvgIpc) is 2.63. The maximum absolute atomic E-state index is 11.8. The monoisotopic (exact) mass is 350 g/mol. The molecule has 2 heterocycles. The molecule has 2 aromatic rings. The molecule has 0 spiro atoms. The molecule has 0 fully saturated rings. The normalized spacial score (nSPS) is 13.6. The highest BCUT2D eigenvalue weighted by Crippen LogP contribution is 2.34. The van der Waals surface area contributed by atoms with Gasteiger partial charge in [-0.25, -0.2) is 4.57 Å². The summed E-state index contributed by atoms with van der Waals surface area (Å²) in [7, 11) is -4.17. The van der Waals surface area contributed by atoms with Crippen molar-refractivity contribution in [3.8, 4) is 0 Å². The van der Waals surface area contributed by atoms with Crippen LogP contribution in [-0.2, 0) is 29.0 Å². The van der Waals surface area contributed by atoms with Crippen LogP contribution in [-0.4, -0.2) is 39.8 Å². The van der Waals surface area contributed by atoms with Gasteiger partial charge in [-0.1, -0.05) is 4.98 Å². The van der Waals surface area contributed by atoms with Gasteiger partial charge in [0.15, 0.2) is 6.33 Å². The lowest BCUT2D eigenvalue weighted by Gasteiger charge is -2.03. The van der Waals surface area contributed by atoms with Crippen molar-refractivity contribution in [2.75, 3.05) is 17.0 Å². The van der Waals surface area contributed by atoms with E-state index in [0.717, 1.165) is 0 Å². The Morgan fingerprint density at radius 1 is 1.55 bits per heavy atom. The van der Waals surface area contributed by atoms with Crippen LogP contribution in [0.15, 0.2) is 11.1 Å². The molecular formula is C10H17N5O5PS+. The van der Waals surface area contributed by atoms with Gasteiger partial charge in [0.25, 0.3) is 11.5 Å². The Bertz CT molecular complexity index is 825. The number of imidazole rings is 1. The van der Waals surface area contributed by atoms with Crippen LogP contribution < -0.4 is 15.9 Å². The summed E-state index contributed by atoms with van der Waals surface area (Å²) in [6.07, 6.45) is 2.09. The van der Waals surface area contributed by atoms with Crippen LogP contribution in [0.25, 0.3) is 11.2 Å². The molecule has 0 saturated heterocycles. The Balaban J connectivity index is 2.11. The van der Waals surface area contributed by atoms with E-state index in [1.807, 2.05) is 0 Å². The number of H-pyrrole nitrogens is 1. The summed E-state index contributed by atoms with van der Waals surface area (Å²) in [5.41, 5.74) is 5.30. The largest absolute Gasteiger partial charge is 0.355 e. The molecule has 1 unspecified atom stereocenters. The Kier molecular flexibility index (Phi) is 4.81. The van der Waals surface area contributed by atoms with Gasteiger partial charge in [-0.2, -0.15) is 0 Å². The lowest BCUT2D eigenvalue weighted by molar-refractivity contribution is -0.673. The number of nitrogens with two attached hydrogens (primary N) is 1. The van der Waals surface area contributed by atoms with Crippen LogP contribution in [0, 0.1) is 0 Å². The Morgan fingerprint density at radius 3 is 2.86 bits per heavy atom. The third-order valence-corrected chi connectivity index (χ3v) is 6.16. The molecule has 1 atom stereocenters. The number of nitrogens with zero attached hydrogens (tertiary/aromatic N) is 3. The van der Waals surface area contributed by atoms with Crippen molar-refractivity contribution in [1.29, 1.82) is 0 Å². The number of fused-ring (bicyclic) bond motifs is 1. The van der Waals surface area contributed by atoms with E-state index in [1.165, 1.54) is 0 Å². The molecule has 0 saturated carbocycles. The molecule has 12 heteroatoms. The number of nitrogen functional groups attached to an aromatic ring is 1. The van der Waals surface area contributed by atoms with Crippen LogP contribution in [0.4, 0.5) is 5.95 Å². The predicted octanol–water partition coefficient (Wildman–Crippen LogP) is -1.59. The fourth-order valence-corrected chi connectivity index (χ4v) is 4.59. The van der Waals surface area contributed by atoms with Crippen molar-refractivity contribution < 1.29 is 23.1 Å². The molecule has 0 radical (unpaired) electrons. The highest BCUT2D eigenvalue weighted by molar-refractivity contribution is 7.92. The molecule has 0 aliphatic rings. The number of hydrogen-bond donors (Lipinski definition) is 4. The van der Waals surface area contributed by atoms with Gasteiger partial charge < -0.3 is 15.5 Å².